The van der Waals surface area contributed by atoms with E-state index in [4.69, 9.17) is 9.26 Å². The van der Waals surface area contributed by atoms with Crippen molar-refractivity contribution in [2.45, 2.75) is 32.9 Å². The number of carbonyl (C=O) groups is 1. The molecule has 0 fully saturated rings. The summed E-state index contributed by atoms with van der Waals surface area (Å²) in [6.45, 7) is 3.93. The van der Waals surface area contributed by atoms with Crippen LogP contribution in [0.4, 0.5) is 0 Å². The molecule has 0 aliphatic heterocycles. The van der Waals surface area contributed by atoms with Crippen molar-refractivity contribution in [1.29, 1.82) is 0 Å². The average molecular weight is 357 g/mol. The van der Waals surface area contributed by atoms with Crippen LogP contribution in [0, 0.1) is 0 Å². The lowest BCUT2D eigenvalue weighted by Crippen LogP contribution is -2.36. The third-order valence-electron chi connectivity index (χ3n) is 3.65. The molecule has 2 aromatic heterocycles. The number of aromatic nitrogens is 2. The summed E-state index contributed by atoms with van der Waals surface area (Å²) in [7, 11) is 0. The van der Waals surface area contributed by atoms with E-state index in [0.29, 0.717) is 11.7 Å². The van der Waals surface area contributed by atoms with Crippen LogP contribution in [0.3, 0.4) is 0 Å². The molecule has 0 bridgehead atoms. The summed E-state index contributed by atoms with van der Waals surface area (Å²) >= 11 is 1.53. The van der Waals surface area contributed by atoms with Gasteiger partial charge in [-0.3, -0.25) is 4.79 Å². The van der Waals surface area contributed by atoms with Crippen LogP contribution in [0.15, 0.2) is 46.3 Å². The molecule has 0 spiro atoms. The first kappa shape index (κ1) is 17.2. The predicted octanol–water partition coefficient (Wildman–Crippen LogP) is 3.44. The van der Waals surface area contributed by atoms with Crippen LogP contribution in [0.5, 0.6) is 5.75 Å². The van der Waals surface area contributed by atoms with Gasteiger partial charge in [0.25, 0.3) is 5.91 Å². The summed E-state index contributed by atoms with van der Waals surface area (Å²) < 4.78 is 10.9. The van der Waals surface area contributed by atoms with E-state index in [9.17, 15) is 4.79 Å². The molecule has 0 radical (unpaired) electrons. The minimum absolute atomic E-state index is 0.167. The second-order valence-electron chi connectivity index (χ2n) is 5.43. The monoisotopic (exact) mass is 357 g/mol. The fourth-order valence-corrected chi connectivity index (χ4v) is 2.94. The number of nitrogens with one attached hydrogen (secondary N) is 1. The van der Waals surface area contributed by atoms with E-state index in [1.165, 1.54) is 11.3 Å². The fraction of sp³-hybridized carbons (Fsp3) is 0.278. The molecule has 130 valence electrons. The number of ether oxygens (including phenoxy) is 1. The van der Waals surface area contributed by atoms with Crippen molar-refractivity contribution in [3.05, 3.63) is 53.2 Å². The van der Waals surface area contributed by atoms with Gasteiger partial charge < -0.3 is 14.6 Å². The number of nitrogens with zero attached hydrogens (tertiary/aromatic N) is 2. The molecule has 1 aromatic carbocycles. The molecule has 7 heteroatoms. The largest absolute Gasteiger partial charge is 0.481 e. The van der Waals surface area contributed by atoms with Gasteiger partial charge in [0.2, 0.25) is 11.7 Å². The number of hydrogen-bond acceptors (Lipinski definition) is 6. The lowest BCUT2D eigenvalue weighted by molar-refractivity contribution is -0.127. The maximum Gasteiger partial charge on any atom is 0.261 e. The molecule has 1 N–H and O–H groups in total. The Kier molecular flexibility index (Phi) is 5.45. The van der Waals surface area contributed by atoms with Gasteiger partial charge in [-0.05, 0) is 36.4 Å². The average Bonchev–Trinajstić information content (AvgIpc) is 3.31. The van der Waals surface area contributed by atoms with Crippen LogP contribution in [-0.2, 0) is 17.8 Å². The second kappa shape index (κ2) is 7.94. The zero-order valence-electron chi connectivity index (χ0n) is 14.1. The van der Waals surface area contributed by atoms with Gasteiger partial charge in [0.05, 0.1) is 11.4 Å². The Labute approximate surface area is 149 Å². The van der Waals surface area contributed by atoms with Crippen molar-refractivity contribution in [3.8, 4) is 16.5 Å². The summed E-state index contributed by atoms with van der Waals surface area (Å²) in [6, 6.07) is 11.5. The van der Waals surface area contributed by atoms with Crippen molar-refractivity contribution >= 4 is 17.2 Å². The van der Waals surface area contributed by atoms with Crippen LogP contribution in [0.25, 0.3) is 10.7 Å². The molecule has 0 saturated carbocycles. The summed E-state index contributed by atoms with van der Waals surface area (Å²) in [5, 5.41) is 8.62. The Hall–Kier alpha value is -2.67. The number of carbonyl (C=O) groups excluding carboxylic acids is 1. The normalized spacial score (nSPS) is 11.9. The molecule has 0 aliphatic rings. The smallest absolute Gasteiger partial charge is 0.261 e. The number of benzene rings is 1. The Bertz CT molecular complexity index is 830. The topological polar surface area (TPSA) is 77.2 Å². The van der Waals surface area contributed by atoms with Crippen molar-refractivity contribution in [2.75, 3.05) is 0 Å². The summed E-state index contributed by atoms with van der Waals surface area (Å²) in [4.78, 5) is 17.4. The molecular formula is C18H19N3O3S. The van der Waals surface area contributed by atoms with Crippen LogP contribution in [0.2, 0.25) is 0 Å². The Morgan fingerprint density at radius 3 is 2.92 bits per heavy atom. The first-order valence-electron chi connectivity index (χ1n) is 8.06. The molecule has 1 atom stereocenters. The zero-order chi connectivity index (χ0) is 17.6. The molecular weight excluding hydrogens is 338 g/mol. The third-order valence-corrected chi connectivity index (χ3v) is 4.52. The number of para-hydroxylation sites is 1. The molecule has 0 saturated heterocycles. The highest BCUT2D eigenvalue weighted by atomic mass is 32.1. The van der Waals surface area contributed by atoms with E-state index in [0.717, 1.165) is 22.6 Å². The number of hydrogen-bond donors (Lipinski definition) is 1. The van der Waals surface area contributed by atoms with Gasteiger partial charge in [0.15, 0.2) is 6.10 Å². The van der Waals surface area contributed by atoms with Crippen molar-refractivity contribution in [2.24, 2.45) is 0 Å². The fourth-order valence-electron chi connectivity index (χ4n) is 2.29. The van der Waals surface area contributed by atoms with Gasteiger partial charge in [-0.15, -0.1) is 11.3 Å². The highest BCUT2D eigenvalue weighted by molar-refractivity contribution is 7.13. The van der Waals surface area contributed by atoms with Crippen molar-refractivity contribution in [3.63, 3.8) is 0 Å². The number of rotatable bonds is 7. The zero-order valence-corrected chi connectivity index (χ0v) is 14.9. The van der Waals surface area contributed by atoms with E-state index in [2.05, 4.69) is 15.5 Å². The van der Waals surface area contributed by atoms with Crippen LogP contribution in [0.1, 0.15) is 25.3 Å². The van der Waals surface area contributed by atoms with Gasteiger partial charge >= 0.3 is 0 Å². The number of amides is 1. The quantitative estimate of drug-likeness (QED) is 0.701. The van der Waals surface area contributed by atoms with Crippen LogP contribution < -0.4 is 10.1 Å². The lowest BCUT2D eigenvalue weighted by Gasteiger charge is -2.16. The highest BCUT2D eigenvalue weighted by Crippen LogP contribution is 2.21. The van der Waals surface area contributed by atoms with E-state index in [1.54, 1.807) is 6.92 Å². The Balaban J connectivity index is 1.55. The van der Waals surface area contributed by atoms with E-state index >= 15 is 0 Å². The predicted molar refractivity (Wildman–Crippen MR) is 95.4 cm³/mol. The van der Waals surface area contributed by atoms with E-state index in [-0.39, 0.29) is 12.5 Å². The lowest BCUT2D eigenvalue weighted by atomic mass is 10.1. The number of aryl methyl sites for hydroxylation is 1. The SMILES string of the molecule is CCc1ccccc1O[C@@H](C)C(=O)NCc1nc(-c2cccs2)no1. The first-order valence-corrected chi connectivity index (χ1v) is 8.94. The number of thiophene rings is 1. The molecule has 0 unspecified atom stereocenters. The van der Waals surface area contributed by atoms with Crippen molar-refractivity contribution in [1.82, 2.24) is 15.5 Å². The summed E-state index contributed by atoms with van der Waals surface area (Å²) in [6.07, 6.45) is 0.227. The van der Waals surface area contributed by atoms with Crippen LogP contribution >= 0.6 is 11.3 Å². The van der Waals surface area contributed by atoms with Gasteiger partial charge in [0, 0.05) is 0 Å². The maximum atomic E-state index is 12.2. The highest BCUT2D eigenvalue weighted by Gasteiger charge is 2.17. The minimum Gasteiger partial charge on any atom is -0.481 e. The maximum absolute atomic E-state index is 12.2. The van der Waals surface area contributed by atoms with Gasteiger partial charge in [-0.2, -0.15) is 4.98 Å². The van der Waals surface area contributed by atoms with E-state index < -0.39 is 6.10 Å². The Morgan fingerprint density at radius 2 is 2.16 bits per heavy atom. The Morgan fingerprint density at radius 1 is 1.32 bits per heavy atom. The molecule has 6 nitrogen and oxygen atoms in total. The van der Waals surface area contributed by atoms with Crippen LogP contribution in [-0.4, -0.2) is 22.2 Å². The molecule has 1 amide bonds. The second-order valence-corrected chi connectivity index (χ2v) is 6.38. The van der Waals surface area contributed by atoms with Gasteiger partial charge in [-0.1, -0.05) is 36.3 Å². The molecule has 3 rings (SSSR count). The molecule has 2 heterocycles. The molecule has 0 aliphatic carbocycles. The third kappa shape index (κ3) is 4.24. The van der Waals surface area contributed by atoms with Crippen molar-refractivity contribution < 1.29 is 14.1 Å². The molecule has 3 aromatic rings. The minimum atomic E-state index is -0.618. The van der Waals surface area contributed by atoms with Gasteiger partial charge in [0.1, 0.15) is 5.75 Å². The summed E-state index contributed by atoms with van der Waals surface area (Å²) in [5.41, 5.74) is 1.07. The summed E-state index contributed by atoms with van der Waals surface area (Å²) in [5.74, 6) is 1.38. The molecule has 25 heavy (non-hydrogen) atoms. The van der Waals surface area contributed by atoms with Gasteiger partial charge in [-0.25, -0.2) is 0 Å². The standard InChI is InChI=1S/C18H19N3O3S/c1-3-13-7-4-5-8-14(13)23-12(2)18(22)19-11-16-20-17(21-24-16)15-9-6-10-25-15/h4-10,12H,3,11H2,1-2H3,(H,19,22)/t12-/m0/s1. The first-order chi connectivity index (χ1) is 12.2. The van der Waals surface area contributed by atoms with E-state index in [1.807, 2.05) is 48.7 Å².